The van der Waals surface area contributed by atoms with Crippen LogP contribution >= 0.6 is 0 Å². The first kappa shape index (κ1) is 13.0. The maximum atomic E-state index is 5.43. The van der Waals surface area contributed by atoms with Gasteiger partial charge in [0.25, 0.3) is 0 Å². The summed E-state index contributed by atoms with van der Waals surface area (Å²) in [5.41, 5.74) is 1.38. The van der Waals surface area contributed by atoms with E-state index < -0.39 is 0 Å². The third kappa shape index (κ3) is 3.86. The Balaban J connectivity index is 2.59. The van der Waals surface area contributed by atoms with Gasteiger partial charge in [0, 0.05) is 6.04 Å². The first-order valence-electron chi connectivity index (χ1n) is 6.07. The van der Waals surface area contributed by atoms with Gasteiger partial charge in [0.05, 0.1) is 6.61 Å². The van der Waals surface area contributed by atoms with Gasteiger partial charge in [-0.3, -0.25) is 0 Å². The Hall–Kier alpha value is -1.02. The van der Waals surface area contributed by atoms with Crippen molar-refractivity contribution in [3.05, 3.63) is 29.8 Å². The fourth-order valence-electron chi connectivity index (χ4n) is 1.84. The van der Waals surface area contributed by atoms with Gasteiger partial charge in [-0.2, -0.15) is 0 Å². The molecule has 1 N–H and O–H groups in total. The van der Waals surface area contributed by atoms with Crippen LogP contribution in [-0.2, 0) is 0 Å². The molecule has 0 bridgehead atoms. The van der Waals surface area contributed by atoms with Crippen LogP contribution in [0.15, 0.2) is 24.3 Å². The van der Waals surface area contributed by atoms with Gasteiger partial charge < -0.3 is 10.1 Å². The van der Waals surface area contributed by atoms with Crippen molar-refractivity contribution in [2.24, 2.45) is 0 Å². The second kappa shape index (κ2) is 6.54. The number of hydrogen-bond acceptors (Lipinski definition) is 2. The molecule has 0 aliphatic rings. The van der Waals surface area contributed by atoms with Gasteiger partial charge >= 0.3 is 0 Å². The first-order valence-corrected chi connectivity index (χ1v) is 6.07. The van der Waals surface area contributed by atoms with E-state index in [4.69, 9.17) is 4.74 Å². The second-order valence-corrected chi connectivity index (χ2v) is 4.33. The summed E-state index contributed by atoms with van der Waals surface area (Å²) in [5.74, 6) is 1.54. The molecule has 2 nitrogen and oxygen atoms in total. The maximum Gasteiger partial charge on any atom is 0.119 e. The Morgan fingerprint density at radius 1 is 1.19 bits per heavy atom. The van der Waals surface area contributed by atoms with Crippen LogP contribution in [0.5, 0.6) is 5.75 Å². The van der Waals surface area contributed by atoms with Crippen molar-refractivity contribution < 1.29 is 4.74 Å². The van der Waals surface area contributed by atoms with Crippen LogP contribution < -0.4 is 10.1 Å². The fraction of sp³-hybridized carbons (Fsp3) is 0.571. The quantitative estimate of drug-likeness (QED) is 0.796. The van der Waals surface area contributed by atoms with Crippen molar-refractivity contribution in [3.63, 3.8) is 0 Å². The van der Waals surface area contributed by atoms with Crippen molar-refractivity contribution in [3.8, 4) is 5.75 Å². The van der Waals surface area contributed by atoms with Gasteiger partial charge in [0.1, 0.15) is 5.75 Å². The standard InChI is InChI=1S/C14H23NO/c1-5-16-14-8-6-13(7-9-14)11(2)10-12(3)15-4/h6-9,11-12,15H,5,10H2,1-4H3. The van der Waals surface area contributed by atoms with E-state index in [1.165, 1.54) is 5.56 Å². The lowest BCUT2D eigenvalue weighted by Gasteiger charge is -2.17. The number of hydrogen-bond donors (Lipinski definition) is 1. The van der Waals surface area contributed by atoms with Crippen LogP contribution in [-0.4, -0.2) is 19.7 Å². The highest BCUT2D eigenvalue weighted by Crippen LogP contribution is 2.23. The van der Waals surface area contributed by atoms with E-state index in [1.807, 2.05) is 14.0 Å². The minimum absolute atomic E-state index is 0.557. The molecule has 16 heavy (non-hydrogen) atoms. The zero-order valence-electron chi connectivity index (χ0n) is 10.8. The largest absolute Gasteiger partial charge is 0.494 e. The number of benzene rings is 1. The van der Waals surface area contributed by atoms with Gasteiger partial charge in [-0.05, 0) is 50.9 Å². The number of rotatable bonds is 6. The Morgan fingerprint density at radius 3 is 2.31 bits per heavy atom. The fourth-order valence-corrected chi connectivity index (χ4v) is 1.84. The average Bonchev–Trinajstić information content (AvgIpc) is 2.30. The van der Waals surface area contributed by atoms with E-state index in [0.717, 1.165) is 18.8 Å². The van der Waals surface area contributed by atoms with Crippen LogP contribution in [0, 0.1) is 0 Å². The van der Waals surface area contributed by atoms with Crippen LogP contribution in [0.3, 0.4) is 0 Å². The third-order valence-corrected chi connectivity index (χ3v) is 2.96. The van der Waals surface area contributed by atoms with Crippen LogP contribution in [0.1, 0.15) is 38.7 Å². The molecule has 0 heterocycles. The van der Waals surface area contributed by atoms with Crippen LogP contribution in [0.25, 0.3) is 0 Å². The highest BCUT2D eigenvalue weighted by atomic mass is 16.5. The highest BCUT2D eigenvalue weighted by Gasteiger charge is 2.09. The molecule has 0 aliphatic heterocycles. The first-order chi connectivity index (χ1) is 7.67. The molecular formula is C14H23NO. The predicted molar refractivity (Wildman–Crippen MR) is 69.2 cm³/mol. The molecule has 1 rings (SSSR count). The molecule has 2 heteroatoms. The molecule has 1 aromatic rings. The lowest BCUT2D eigenvalue weighted by atomic mass is 9.94. The normalized spacial score (nSPS) is 14.5. The molecule has 90 valence electrons. The van der Waals surface area contributed by atoms with E-state index >= 15 is 0 Å². The van der Waals surface area contributed by atoms with Crippen molar-refractivity contribution >= 4 is 0 Å². The predicted octanol–water partition coefficient (Wildman–Crippen LogP) is 3.19. The van der Waals surface area contributed by atoms with Crippen molar-refractivity contribution in [2.75, 3.05) is 13.7 Å². The topological polar surface area (TPSA) is 21.3 Å². The van der Waals surface area contributed by atoms with E-state index in [9.17, 15) is 0 Å². The Morgan fingerprint density at radius 2 is 1.81 bits per heavy atom. The van der Waals surface area contributed by atoms with E-state index in [-0.39, 0.29) is 0 Å². The molecule has 2 atom stereocenters. The average molecular weight is 221 g/mol. The zero-order valence-corrected chi connectivity index (χ0v) is 10.8. The Kier molecular flexibility index (Phi) is 5.33. The Labute approximate surface area is 99.0 Å². The van der Waals surface area contributed by atoms with E-state index in [1.54, 1.807) is 0 Å². The maximum absolute atomic E-state index is 5.43. The van der Waals surface area contributed by atoms with E-state index in [2.05, 4.69) is 43.4 Å². The van der Waals surface area contributed by atoms with Gasteiger partial charge in [-0.1, -0.05) is 19.1 Å². The molecule has 0 radical (unpaired) electrons. The Bertz CT molecular complexity index is 294. The van der Waals surface area contributed by atoms with Gasteiger partial charge in [0.15, 0.2) is 0 Å². The summed E-state index contributed by atoms with van der Waals surface area (Å²) < 4.78 is 5.43. The molecule has 1 aromatic carbocycles. The van der Waals surface area contributed by atoms with E-state index in [0.29, 0.717) is 12.0 Å². The smallest absolute Gasteiger partial charge is 0.119 e. The highest BCUT2D eigenvalue weighted by molar-refractivity contribution is 5.29. The number of ether oxygens (including phenoxy) is 1. The van der Waals surface area contributed by atoms with Crippen molar-refractivity contribution in [2.45, 2.75) is 39.2 Å². The summed E-state index contributed by atoms with van der Waals surface area (Å²) in [7, 11) is 2.01. The molecule has 0 amide bonds. The van der Waals surface area contributed by atoms with Crippen molar-refractivity contribution in [1.29, 1.82) is 0 Å². The molecule has 0 saturated carbocycles. The SMILES string of the molecule is CCOc1ccc(C(C)CC(C)NC)cc1. The molecule has 0 aliphatic carbocycles. The third-order valence-electron chi connectivity index (χ3n) is 2.96. The van der Waals surface area contributed by atoms with Gasteiger partial charge in [-0.25, -0.2) is 0 Å². The van der Waals surface area contributed by atoms with Gasteiger partial charge in [-0.15, -0.1) is 0 Å². The minimum atomic E-state index is 0.557. The molecule has 2 unspecified atom stereocenters. The summed E-state index contributed by atoms with van der Waals surface area (Å²) in [6.07, 6.45) is 1.16. The molecule has 0 aromatic heterocycles. The summed E-state index contributed by atoms with van der Waals surface area (Å²) in [4.78, 5) is 0. The second-order valence-electron chi connectivity index (χ2n) is 4.33. The monoisotopic (exact) mass is 221 g/mol. The minimum Gasteiger partial charge on any atom is -0.494 e. The molecule has 0 saturated heterocycles. The van der Waals surface area contributed by atoms with Crippen LogP contribution in [0.2, 0.25) is 0 Å². The molecule has 0 spiro atoms. The summed E-state index contributed by atoms with van der Waals surface area (Å²) in [6, 6.07) is 9.00. The van der Waals surface area contributed by atoms with Gasteiger partial charge in [0.2, 0.25) is 0 Å². The zero-order chi connectivity index (χ0) is 12.0. The summed E-state index contributed by atoms with van der Waals surface area (Å²) in [6.45, 7) is 7.21. The molecular weight excluding hydrogens is 198 g/mol. The molecule has 0 fully saturated rings. The summed E-state index contributed by atoms with van der Waals surface area (Å²) in [5, 5.41) is 3.27. The van der Waals surface area contributed by atoms with Crippen LogP contribution in [0.4, 0.5) is 0 Å². The lowest BCUT2D eigenvalue weighted by Crippen LogP contribution is -2.22. The number of nitrogens with one attached hydrogen (secondary N) is 1. The lowest BCUT2D eigenvalue weighted by molar-refractivity contribution is 0.340. The summed E-state index contributed by atoms with van der Waals surface area (Å²) >= 11 is 0. The van der Waals surface area contributed by atoms with Crippen molar-refractivity contribution in [1.82, 2.24) is 5.32 Å².